The van der Waals surface area contributed by atoms with Crippen LogP contribution in [-0.2, 0) is 16.4 Å². The van der Waals surface area contributed by atoms with E-state index in [0.29, 0.717) is 24.4 Å². The third-order valence-corrected chi connectivity index (χ3v) is 5.32. The van der Waals surface area contributed by atoms with Crippen LogP contribution >= 0.6 is 0 Å². The predicted molar refractivity (Wildman–Crippen MR) is 83.1 cm³/mol. The number of hydrogen-bond acceptors (Lipinski definition) is 3. The second-order valence-corrected chi connectivity index (χ2v) is 7.14. The highest BCUT2D eigenvalue weighted by Crippen LogP contribution is 2.19. The van der Waals surface area contributed by atoms with Crippen molar-refractivity contribution >= 4 is 10.0 Å². The van der Waals surface area contributed by atoms with Crippen molar-refractivity contribution in [3.63, 3.8) is 0 Å². The maximum atomic E-state index is 12.6. The fourth-order valence-electron chi connectivity index (χ4n) is 2.16. The molecule has 0 aliphatic heterocycles. The topological polar surface area (TPSA) is 63.4 Å². The zero-order valence-electron chi connectivity index (χ0n) is 12.7. The Morgan fingerprint density at radius 2 is 1.80 bits per heavy atom. The molecular weight excluding hydrogens is 272 g/mol. The van der Waals surface area contributed by atoms with Crippen LogP contribution in [0.4, 0.5) is 0 Å². The van der Waals surface area contributed by atoms with Gasteiger partial charge in [0, 0.05) is 12.6 Å². The molecule has 0 aliphatic carbocycles. The van der Waals surface area contributed by atoms with Crippen molar-refractivity contribution < 1.29 is 8.42 Å². The number of rotatable bonds is 8. The van der Waals surface area contributed by atoms with Gasteiger partial charge in [-0.05, 0) is 50.9 Å². The smallest absolute Gasteiger partial charge is 0.243 e. The van der Waals surface area contributed by atoms with E-state index < -0.39 is 10.0 Å². The Kier molecular flexibility index (Phi) is 6.65. The van der Waals surface area contributed by atoms with E-state index in [9.17, 15) is 8.42 Å². The van der Waals surface area contributed by atoms with Crippen molar-refractivity contribution in [1.82, 2.24) is 4.31 Å². The van der Waals surface area contributed by atoms with Crippen molar-refractivity contribution in [2.45, 2.75) is 51.0 Å². The van der Waals surface area contributed by atoms with Crippen LogP contribution in [0, 0.1) is 0 Å². The molecule has 0 aliphatic rings. The molecule has 0 atom stereocenters. The van der Waals surface area contributed by atoms with Gasteiger partial charge in [0.1, 0.15) is 0 Å². The number of benzene rings is 1. The monoisotopic (exact) mass is 298 g/mol. The minimum Gasteiger partial charge on any atom is -0.330 e. The van der Waals surface area contributed by atoms with E-state index in [1.165, 1.54) is 9.87 Å². The third kappa shape index (κ3) is 4.30. The Morgan fingerprint density at radius 3 is 2.25 bits per heavy atom. The minimum atomic E-state index is -3.43. The number of hydrogen-bond donors (Lipinski definition) is 1. The van der Waals surface area contributed by atoms with Gasteiger partial charge in [-0.3, -0.25) is 0 Å². The summed E-state index contributed by atoms with van der Waals surface area (Å²) in [5.41, 5.74) is 6.66. The van der Waals surface area contributed by atoms with E-state index in [1.54, 1.807) is 12.1 Å². The summed E-state index contributed by atoms with van der Waals surface area (Å²) in [5.74, 6) is 0. The first-order valence-electron chi connectivity index (χ1n) is 7.24. The Balaban J connectivity index is 3.00. The number of nitrogens with zero attached hydrogens (tertiary/aromatic N) is 1. The van der Waals surface area contributed by atoms with Gasteiger partial charge in [0.2, 0.25) is 10.0 Å². The molecule has 0 spiro atoms. The molecule has 1 aromatic carbocycles. The summed E-state index contributed by atoms with van der Waals surface area (Å²) in [4.78, 5) is 0.364. The molecule has 114 valence electrons. The van der Waals surface area contributed by atoms with Gasteiger partial charge < -0.3 is 5.73 Å². The maximum absolute atomic E-state index is 12.6. The maximum Gasteiger partial charge on any atom is 0.243 e. The molecule has 0 saturated heterocycles. The van der Waals surface area contributed by atoms with Crippen molar-refractivity contribution in [1.29, 1.82) is 0 Å². The summed E-state index contributed by atoms with van der Waals surface area (Å²) in [7, 11) is -3.43. The highest BCUT2D eigenvalue weighted by molar-refractivity contribution is 7.89. The Bertz CT molecular complexity index is 495. The predicted octanol–water partition coefficient (Wildman–Crippen LogP) is 2.39. The Morgan fingerprint density at radius 1 is 1.20 bits per heavy atom. The summed E-state index contributed by atoms with van der Waals surface area (Å²) in [6.45, 7) is 6.85. The number of nitrogens with two attached hydrogens (primary N) is 1. The lowest BCUT2D eigenvalue weighted by Gasteiger charge is -2.25. The van der Waals surface area contributed by atoms with Crippen molar-refractivity contribution in [2.75, 3.05) is 13.1 Å². The van der Waals surface area contributed by atoms with Gasteiger partial charge in [-0.1, -0.05) is 25.5 Å². The van der Waals surface area contributed by atoms with E-state index in [0.717, 1.165) is 12.8 Å². The average Bonchev–Trinajstić information content (AvgIpc) is 2.39. The van der Waals surface area contributed by atoms with Gasteiger partial charge in [-0.2, -0.15) is 4.31 Å². The summed E-state index contributed by atoms with van der Waals surface area (Å²) in [6.07, 6.45) is 2.70. The third-order valence-electron chi connectivity index (χ3n) is 3.23. The van der Waals surface area contributed by atoms with E-state index in [4.69, 9.17) is 5.73 Å². The molecule has 5 heteroatoms. The lowest BCUT2D eigenvalue weighted by atomic mass is 10.1. The van der Waals surface area contributed by atoms with Gasteiger partial charge in [0.15, 0.2) is 0 Å². The van der Waals surface area contributed by atoms with Crippen LogP contribution in [0.3, 0.4) is 0 Å². The van der Waals surface area contributed by atoms with Gasteiger partial charge in [0.25, 0.3) is 0 Å². The zero-order chi connectivity index (χ0) is 15.2. The van der Waals surface area contributed by atoms with Crippen LogP contribution < -0.4 is 5.73 Å². The minimum absolute atomic E-state index is 0.0677. The molecular formula is C15H26N2O2S. The fourth-order valence-corrected chi connectivity index (χ4v) is 3.83. The summed E-state index contributed by atoms with van der Waals surface area (Å²) in [5, 5.41) is 0. The normalized spacial score (nSPS) is 12.3. The zero-order valence-corrected chi connectivity index (χ0v) is 13.5. The molecule has 4 nitrogen and oxygen atoms in total. The van der Waals surface area contributed by atoms with Gasteiger partial charge in [-0.25, -0.2) is 8.42 Å². The summed E-state index contributed by atoms with van der Waals surface area (Å²) >= 11 is 0. The second kappa shape index (κ2) is 7.76. The van der Waals surface area contributed by atoms with Crippen molar-refractivity contribution in [3.05, 3.63) is 29.8 Å². The largest absolute Gasteiger partial charge is 0.330 e. The van der Waals surface area contributed by atoms with E-state index in [2.05, 4.69) is 6.92 Å². The SMILES string of the molecule is CCCc1ccc(S(=O)(=O)N(CCCN)C(C)C)cc1. The first kappa shape index (κ1) is 17.1. The van der Waals surface area contributed by atoms with Crippen LogP contribution in [-0.4, -0.2) is 31.9 Å². The molecule has 0 heterocycles. The van der Waals surface area contributed by atoms with Crippen molar-refractivity contribution in [3.8, 4) is 0 Å². The van der Waals surface area contributed by atoms with Crippen LogP contribution in [0.1, 0.15) is 39.2 Å². The quantitative estimate of drug-likeness (QED) is 0.801. The number of sulfonamides is 1. The first-order valence-corrected chi connectivity index (χ1v) is 8.68. The van der Waals surface area contributed by atoms with Crippen molar-refractivity contribution in [2.24, 2.45) is 5.73 Å². The van der Waals surface area contributed by atoms with E-state index in [1.807, 2.05) is 26.0 Å². The van der Waals surface area contributed by atoms with Crippen LogP contribution in [0.5, 0.6) is 0 Å². The van der Waals surface area contributed by atoms with Crippen LogP contribution in [0.2, 0.25) is 0 Å². The lowest BCUT2D eigenvalue weighted by Crippen LogP contribution is -2.38. The molecule has 0 radical (unpaired) electrons. The highest BCUT2D eigenvalue weighted by atomic mass is 32.2. The average molecular weight is 298 g/mol. The molecule has 0 bridgehead atoms. The Labute approximate surface area is 123 Å². The van der Waals surface area contributed by atoms with Gasteiger partial charge >= 0.3 is 0 Å². The summed E-state index contributed by atoms with van der Waals surface area (Å²) < 4.78 is 26.8. The van der Waals surface area contributed by atoms with Gasteiger partial charge in [-0.15, -0.1) is 0 Å². The molecule has 1 aromatic rings. The molecule has 0 saturated carbocycles. The molecule has 2 N–H and O–H groups in total. The molecule has 0 unspecified atom stereocenters. The first-order chi connectivity index (χ1) is 9.43. The fraction of sp³-hybridized carbons (Fsp3) is 0.600. The molecule has 0 fully saturated rings. The highest BCUT2D eigenvalue weighted by Gasteiger charge is 2.26. The molecule has 0 aromatic heterocycles. The molecule has 20 heavy (non-hydrogen) atoms. The van der Waals surface area contributed by atoms with Crippen LogP contribution in [0.15, 0.2) is 29.2 Å². The lowest BCUT2D eigenvalue weighted by molar-refractivity contribution is 0.351. The molecule has 0 amide bonds. The van der Waals surface area contributed by atoms with E-state index >= 15 is 0 Å². The van der Waals surface area contributed by atoms with E-state index in [-0.39, 0.29) is 6.04 Å². The van der Waals surface area contributed by atoms with Gasteiger partial charge in [0.05, 0.1) is 4.90 Å². The summed E-state index contributed by atoms with van der Waals surface area (Å²) in [6, 6.07) is 7.15. The standard InChI is InChI=1S/C15H26N2O2S/c1-4-6-14-7-9-15(10-8-14)20(18,19)17(13(2)3)12-5-11-16/h7-10,13H,4-6,11-12,16H2,1-3H3. The molecule has 1 rings (SSSR count). The Hall–Kier alpha value is -0.910. The number of aryl methyl sites for hydroxylation is 1. The van der Waals surface area contributed by atoms with Crippen LogP contribution in [0.25, 0.3) is 0 Å². The second-order valence-electron chi connectivity index (χ2n) is 5.25.